The maximum atomic E-state index is 12.7. The zero-order valence-corrected chi connectivity index (χ0v) is 22.7. The van der Waals surface area contributed by atoms with Crippen molar-refractivity contribution in [3.63, 3.8) is 0 Å². The Kier molecular flexibility index (Phi) is 9.93. The van der Waals surface area contributed by atoms with E-state index in [4.69, 9.17) is 17.0 Å². The minimum atomic E-state index is -3.88. The van der Waals surface area contributed by atoms with Gasteiger partial charge in [0.05, 0.1) is 11.5 Å². The third-order valence-electron chi connectivity index (χ3n) is 5.24. The Morgan fingerprint density at radius 3 is 2.22 bits per heavy atom. The summed E-state index contributed by atoms with van der Waals surface area (Å²) in [6.45, 7) is 6.33. The fourth-order valence-electron chi connectivity index (χ4n) is 3.43. The van der Waals surface area contributed by atoms with Gasteiger partial charge in [-0.2, -0.15) is 0 Å². The van der Waals surface area contributed by atoms with Gasteiger partial charge < -0.3 is 10.1 Å². The molecule has 11 heteroatoms. The molecule has 0 bridgehead atoms. The first-order valence-corrected chi connectivity index (χ1v) is 13.9. The van der Waals surface area contributed by atoms with Gasteiger partial charge in [-0.3, -0.25) is 10.1 Å². The van der Waals surface area contributed by atoms with Crippen LogP contribution in [0.4, 0.5) is 11.6 Å². The fraction of sp³-hybridized carbons (Fsp3) is 0.308. The van der Waals surface area contributed by atoms with Crippen molar-refractivity contribution in [2.45, 2.75) is 51.3 Å². The lowest BCUT2D eigenvalue weighted by Gasteiger charge is -2.11. The van der Waals surface area contributed by atoms with Crippen LogP contribution in [0, 0.1) is 13.8 Å². The van der Waals surface area contributed by atoms with E-state index in [-0.39, 0.29) is 21.9 Å². The second-order valence-corrected chi connectivity index (χ2v) is 10.5. The number of unbranched alkanes of at least 4 members (excludes halogenated alkanes) is 3. The van der Waals surface area contributed by atoms with Crippen LogP contribution in [0.15, 0.2) is 59.5 Å². The van der Waals surface area contributed by atoms with Crippen LogP contribution in [0.1, 0.15) is 54.4 Å². The molecule has 0 radical (unpaired) electrons. The number of thiocarbonyl (C=S) groups is 1. The Bertz CT molecular complexity index is 1310. The second-order valence-electron chi connectivity index (χ2n) is 8.45. The van der Waals surface area contributed by atoms with E-state index in [1.54, 1.807) is 56.3 Å². The highest BCUT2D eigenvalue weighted by molar-refractivity contribution is 7.92. The Balaban J connectivity index is 1.52. The molecule has 1 heterocycles. The summed E-state index contributed by atoms with van der Waals surface area (Å²) in [4.78, 5) is 20.8. The average Bonchev–Trinajstić information content (AvgIpc) is 2.83. The summed E-state index contributed by atoms with van der Waals surface area (Å²) in [5.41, 5.74) is 2.26. The Hall–Kier alpha value is -3.57. The summed E-state index contributed by atoms with van der Waals surface area (Å²) in [5, 5.41) is 5.57. The van der Waals surface area contributed by atoms with Gasteiger partial charge in [-0.1, -0.05) is 26.2 Å². The molecule has 0 aliphatic rings. The molecule has 3 aromatic rings. The number of benzene rings is 2. The predicted octanol–water partition coefficient (Wildman–Crippen LogP) is 4.98. The van der Waals surface area contributed by atoms with E-state index >= 15 is 0 Å². The van der Waals surface area contributed by atoms with E-state index in [1.807, 2.05) is 0 Å². The number of rotatable bonds is 11. The smallest absolute Gasteiger partial charge is 0.264 e. The topological polar surface area (TPSA) is 122 Å². The number of sulfonamides is 1. The summed E-state index contributed by atoms with van der Waals surface area (Å²) < 4.78 is 33.4. The Labute approximate surface area is 223 Å². The molecule has 0 spiro atoms. The van der Waals surface area contributed by atoms with Crippen molar-refractivity contribution in [1.82, 2.24) is 15.3 Å². The predicted molar refractivity (Wildman–Crippen MR) is 149 cm³/mol. The van der Waals surface area contributed by atoms with Gasteiger partial charge in [-0.25, -0.2) is 23.1 Å². The molecule has 0 aliphatic heterocycles. The fourth-order valence-corrected chi connectivity index (χ4v) is 4.58. The molecule has 0 saturated heterocycles. The number of amides is 1. The van der Waals surface area contributed by atoms with Gasteiger partial charge in [0.15, 0.2) is 5.11 Å². The lowest BCUT2D eigenvalue weighted by molar-refractivity contribution is 0.0977. The first-order chi connectivity index (χ1) is 17.7. The van der Waals surface area contributed by atoms with Gasteiger partial charge in [0.1, 0.15) is 5.75 Å². The molecule has 0 unspecified atom stereocenters. The van der Waals surface area contributed by atoms with Crippen LogP contribution in [0.3, 0.4) is 0 Å². The van der Waals surface area contributed by atoms with Crippen LogP contribution in [0.25, 0.3) is 0 Å². The number of carbonyl (C=O) groups excluding carboxylic acids is 1. The largest absolute Gasteiger partial charge is 0.494 e. The number of aryl methyl sites for hydroxylation is 2. The van der Waals surface area contributed by atoms with Crippen molar-refractivity contribution in [1.29, 1.82) is 0 Å². The number of carbonyl (C=O) groups is 1. The molecule has 196 valence electrons. The number of hydrogen-bond acceptors (Lipinski definition) is 7. The Morgan fingerprint density at radius 2 is 1.59 bits per heavy atom. The van der Waals surface area contributed by atoms with Crippen LogP contribution in [0.2, 0.25) is 0 Å². The molecular formula is C26H31N5O4S2. The van der Waals surface area contributed by atoms with Crippen LogP contribution >= 0.6 is 12.2 Å². The average molecular weight is 542 g/mol. The maximum absolute atomic E-state index is 12.7. The molecule has 0 saturated carbocycles. The monoisotopic (exact) mass is 541 g/mol. The zero-order chi connectivity index (χ0) is 26.8. The number of nitrogens with zero attached hydrogens (tertiary/aromatic N) is 2. The highest BCUT2D eigenvalue weighted by atomic mass is 32.2. The van der Waals surface area contributed by atoms with Gasteiger partial charge in [0.25, 0.3) is 15.9 Å². The molecule has 1 aromatic heterocycles. The van der Waals surface area contributed by atoms with Gasteiger partial charge in [-0.05, 0) is 87.1 Å². The molecule has 2 aromatic carbocycles. The maximum Gasteiger partial charge on any atom is 0.264 e. The molecule has 37 heavy (non-hydrogen) atoms. The van der Waals surface area contributed by atoms with Crippen LogP contribution in [0.5, 0.6) is 5.75 Å². The first-order valence-electron chi connectivity index (χ1n) is 12.0. The van der Waals surface area contributed by atoms with Crippen LogP contribution < -0.4 is 20.1 Å². The van der Waals surface area contributed by atoms with Crippen molar-refractivity contribution in [3.8, 4) is 5.75 Å². The molecule has 9 nitrogen and oxygen atoms in total. The summed E-state index contributed by atoms with van der Waals surface area (Å²) in [7, 11) is -3.88. The molecule has 0 fully saturated rings. The number of aromatic nitrogens is 2. The lowest BCUT2D eigenvalue weighted by Crippen LogP contribution is -2.34. The van der Waals surface area contributed by atoms with E-state index in [9.17, 15) is 13.2 Å². The number of hydrogen-bond donors (Lipinski definition) is 3. The molecule has 1 amide bonds. The normalized spacial score (nSPS) is 11.0. The highest BCUT2D eigenvalue weighted by Crippen LogP contribution is 2.17. The summed E-state index contributed by atoms with van der Waals surface area (Å²) in [5.74, 6) is 0.349. The van der Waals surface area contributed by atoms with Crippen molar-refractivity contribution in [3.05, 3.63) is 71.5 Å². The van der Waals surface area contributed by atoms with Crippen LogP contribution in [-0.4, -0.2) is 36.0 Å². The first kappa shape index (κ1) is 28.0. The molecular weight excluding hydrogens is 510 g/mol. The number of anilines is 2. The van der Waals surface area contributed by atoms with Crippen molar-refractivity contribution >= 4 is 44.9 Å². The summed E-state index contributed by atoms with van der Waals surface area (Å²) >= 11 is 5.23. The lowest BCUT2D eigenvalue weighted by atomic mass is 10.2. The summed E-state index contributed by atoms with van der Waals surface area (Å²) in [6, 6.07) is 14.5. The zero-order valence-electron chi connectivity index (χ0n) is 21.1. The standard InChI is InChI=1S/C26H31N5O4S2/c1-4-5-6-7-16-35-22-12-8-20(9-13-22)24(32)30-26(36)29-21-10-14-23(15-11-21)37(33,34)31-25-27-18(2)17-19(3)28-25/h8-15,17H,4-7,16H2,1-3H3,(H,27,28,31)(H2,29,30,32,36). The molecule has 0 aliphatic carbocycles. The third kappa shape index (κ3) is 8.80. The van der Waals surface area contributed by atoms with Gasteiger partial charge >= 0.3 is 0 Å². The van der Waals surface area contributed by atoms with Crippen molar-refractivity contribution < 1.29 is 17.9 Å². The van der Waals surface area contributed by atoms with Crippen molar-refractivity contribution in [2.24, 2.45) is 0 Å². The Morgan fingerprint density at radius 1 is 0.946 bits per heavy atom. The minimum Gasteiger partial charge on any atom is -0.494 e. The van der Waals surface area contributed by atoms with E-state index in [2.05, 4.69) is 32.2 Å². The van der Waals surface area contributed by atoms with E-state index in [0.717, 1.165) is 12.8 Å². The second kappa shape index (κ2) is 13.1. The molecule has 3 rings (SSSR count). The van der Waals surface area contributed by atoms with Gasteiger partial charge in [0.2, 0.25) is 5.95 Å². The minimum absolute atomic E-state index is 0.00941. The number of nitrogens with one attached hydrogen (secondary N) is 3. The SMILES string of the molecule is CCCCCCOc1ccc(C(=O)NC(=S)Nc2ccc(S(=O)(=O)Nc3nc(C)cc(C)n3)cc2)cc1. The third-order valence-corrected chi connectivity index (χ3v) is 6.79. The number of ether oxygens (including phenoxy) is 1. The van der Waals surface area contributed by atoms with Gasteiger partial charge in [0, 0.05) is 22.6 Å². The van der Waals surface area contributed by atoms with E-state index in [1.165, 1.54) is 25.0 Å². The van der Waals surface area contributed by atoms with Crippen LogP contribution in [-0.2, 0) is 10.0 Å². The quantitative estimate of drug-likeness (QED) is 0.229. The van der Waals surface area contributed by atoms with Gasteiger partial charge in [-0.15, -0.1) is 0 Å². The van der Waals surface area contributed by atoms with E-state index in [0.29, 0.717) is 35.0 Å². The highest BCUT2D eigenvalue weighted by Gasteiger charge is 2.16. The summed E-state index contributed by atoms with van der Waals surface area (Å²) in [6.07, 6.45) is 4.51. The van der Waals surface area contributed by atoms with E-state index < -0.39 is 10.0 Å². The molecule has 0 atom stereocenters. The van der Waals surface area contributed by atoms with Crippen molar-refractivity contribution in [2.75, 3.05) is 16.6 Å². The molecule has 3 N–H and O–H groups in total.